The molecular formula is C20H18N2O4. The Morgan fingerprint density at radius 1 is 1.12 bits per heavy atom. The van der Waals surface area contributed by atoms with E-state index in [-0.39, 0.29) is 6.61 Å². The lowest BCUT2D eigenvalue weighted by Gasteiger charge is -2.06. The fraction of sp³-hybridized carbons (Fsp3) is 0.150. The summed E-state index contributed by atoms with van der Waals surface area (Å²) in [5, 5.41) is 11.2. The number of amides is 1. The maximum absolute atomic E-state index is 11.8. The molecule has 0 radical (unpaired) electrons. The molecule has 6 heteroatoms. The van der Waals surface area contributed by atoms with Gasteiger partial charge < -0.3 is 14.8 Å². The number of hydrogen-bond acceptors (Lipinski definition) is 5. The van der Waals surface area contributed by atoms with E-state index in [2.05, 4.69) is 5.32 Å². The van der Waals surface area contributed by atoms with Crippen LogP contribution in [0.2, 0.25) is 0 Å². The van der Waals surface area contributed by atoms with E-state index in [9.17, 15) is 9.59 Å². The second kappa shape index (κ2) is 9.64. The number of benzene rings is 2. The van der Waals surface area contributed by atoms with Crippen LogP contribution in [-0.4, -0.2) is 25.6 Å². The third kappa shape index (κ3) is 6.13. The van der Waals surface area contributed by atoms with Crippen LogP contribution in [0.5, 0.6) is 5.75 Å². The van der Waals surface area contributed by atoms with E-state index in [0.29, 0.717) is 12.1 Å². The van der Waals surface area contributed by atoms with Crippen LogP contribution in [-0.2, 0) is 20.7 Å². The minimum absolute atomic E-state index is 0.312. The number of rotatable bonds is 7. The van der Waals surface area contributed by atoms with Gasteiger partial charge in [-0.05, 0) is 41.5 Å². The van der Waals surface area contributed by atoms with E-state index in [4.69, 9.17) is 14.7 Å². The molecular weight excluding hydrogens is 332 g/mol. The standard InChI is InChI=1S/C20H18N2O4/c1-25-18-9-4-15(5-10-18)6-11-20(24)26-14-19(23)22-17-7-2-16(3-8-17)12-13-21/h2-11H,12,14H2,1H3,(H,22,23)/b11-6+. The molecule has 0 unspecified atom stereocenters. The summed E-state index contributed by atoms with van der Waals surface area (Å²) in [7, 11) is 1.58. The highest BCUT2D eigenvalue weighted by Crippen LogP contribution is 2.12. The first-order valence-electron chi connectivity index (χ1n) is 7.85. The molecule has 1 amide bonds. The molecule has 26 heavy (non-hydrogen) atoms. The van der Waals surface area contributed by atoms with Crippen molar-refractivity contribution in [3.63, 3.8) is 0 Å². The highest BCUT2D eigenvalue weighted by molar-refractivity contribution is 5.94. The normalized spacial score (nSPS) is 10.2. The lowest BCUT2D eigenvalue weighted by atomic mass is 10.1. The lowest BCUT2D eigenvalue weighted by Crippen LogP contribution is -2.20. The summed E-state index contributed by atoms with van der Waals surface area (Å²) in [5.41, 5.74) is 2.24. The van der Waals surface area contributed by atoms with Crippen molar-refractivity contribution in [3.05, 3.63) is 65.7 Å². The van der Waals surface area contributed by atoms with Crippen LogP contribution >= 0.6 is 0 Å². The van der Waals surface area contributed by atoms with Crippen molar-refractivity contribution < 1.29 is 19.1 Å². The molecule has 0 aromatic heterocycles. The Hall–Kier alpha value is -3.59. The number of nitrogens with one attached hydrogen (secondary N) is 1. The van der Waals surface area contributed by atoms with Crippen molar-refractivity contribution in [3.8, 4) is 11.8 Å². The number of esters is 1. The summed E-state index contributed by atoms with van der Waals surface area (Å²) in [6.45, 7) is -0.383. The number of nitrogens with zero attached hydrogens (tertiary/aromatic N) is 1. The zero-order valence-corrected chi connectivity index (χ0v) is 14.3. The predicted octanol–water partition coefficient (Wildman–Crippen LogP) is 2.96. The molecule has 0 heterocycles. The van der Waals surface area contributed by atoms with Crippen LogP contribution in [0.3, 0.4) is 0 Å². The zero-order chi connectivity index (χ0) is 18.8. The summed E-state index contributed by atoms with van der Waals surface area (Å²) in [5.74, 6) is -0.327. The average Bonchev–Trinajstić information content (AvgIpc) is 2.67. The van der Waals surface area contributed by atoms with Crippen molar-refractivity contribution in [1.29, 1.82) is 5.26 Å². The van der Waals surface area contributed by atoms with Crippen LogP contribution in [0.4, 0.5) is 5.69 Å². The van der Waals surface area contributed by atoms with Gasteiger partial charge in [0, 0.05) is 11.8 Å². The smallest absolute Gasteiger partial charge is 0.331 e. The summed E-state index contributed by atoms with van der Waals surface area (Å²) in [6, 6.07) is 16.1. The highest BCUT2D eigenvalue weighted by atomic mass is 16.5. The third-order valence-corrected chi connectivity index (χ3v) is 3.39. The third-order valence-electron chi connectivity index (χ3n) is 3.39. The summed E-state index contributed by atoms with van der Waals surface area (Å²) in [4.78, 5) is 23.5. The van der Waals surface area contributed by atoms with Crippen molar-refractivity contribution in [2.45, 2.75) is 6.42 Å². The number of nitriles is 1. The van der Waals surface area contributed by atoms with Gasteiger partial charge in [-0.1, -0.05) is 24.3 Å². The van der Waals surface area contributed by atoms with E-state index >= 15 is 0 Å². The largest absolute Gasteiger partial charge is 0.497 e. The monoisotopic (exact) mass is 350 g/mol. The maximum Gasteiger partial charge on any atom is 0.331 e. The van der Waals surface area contributed by atoms with E-state index in [1.165, 1.54) is 6.08 Å². The molecule has 1 N–H and O–H groups in total. The number of anilines is 1. The van der Waals surface area contributed by atoms with Gasteiger partial charge in [-0.2, -0.15) is 5.26 Å². The quantitative estimate of drug-likeness (QED) is 0.613. The topological polar surface area (TPSA) is 88.4 Å². The fourth-order valence-electron chi connectivity index (χ4n) is 2.06. The van der Waals surface area contributed by atoms with Crippen LogP contribution in [0.25, 0.3) is 6.08 Å². The molecule has 6 nitrogen and oxygen atoms in total. The summed E-state index contributed by atoms with van der Waals surface area (Å²) < 4.78 is 9.95. The van der Waals surface area contributed by atoms with Crippen LogP contribution in [0, 0.1) is 11.3 Å². The van der Waals surface area contributed by atoms with Crippen molar-refractivity contribution >= 4 is 23.6 Å². The van der Waals surface area contributed by atoms with Crippen molar-refractivity contribution in [2.24, 2.45) is 0 Å². The van der Waals surface area contributed by atoms with E-state index < -0.39 is 11.9 Å². The number of ether oxygens (including phenoxy) is 2. The van der Waals surface area contributed by atoms with Crippen molar-refractivity contribution in [1.82, 2.24) is 0 Å². The second-order valence-electron chi connectivity index (χ2n) is 5.29. The molecule has 0 aliphatic heterocycles. The summed E-state index contributed by atoms with van der Waals surface area (Å²) >= 11 is 0. The van der Waals surface area contributed by atoms with Crippen molar-refractivity contribution in [2.75, 3.05) is 19.0 Å². The first-order chi connectivity index (χ1) is 12.6. The molecule has 0 bridgehead atoms. The number of carbonyl (C=O) groups excluding carboxylic acids is 2. The highest BCUT2D eigenvalue weighted by Gasteiger charge is 2.06. The summed E-state index contributed by atoms with van der Waals surface area (Å²) in [6.07, 6.45) is 3.16. The molecule has 2 rings (SSSR count). The fourth-order valence-corrected chi connectivity index (χ4v) is 2.06. The Bertz CT molecular complexity index is 818. The Morgan fingerprint density at radius 2 is 1.81 bits per heavy atom. The van der Waals surface area contributed by atoms with Gasteiger partial charge in [0.2, 0.25) is 0 Å². The number of methoxy groups -OCH3 is 1. The Balaban J connectivity index is 1.77. The SMILES string of the molecule is COc1ccc(/C=C/C(=O)OCC(=O)Nc2ccc(CC#N)cc2)cc1. The van der Waals surface area contributed by atoms with Gasteiger partial charge in [-0.25, -0.2) is 4.79 Å². The van der Waals surface area contributed by atoms with Gasteiger partial charge in [-0.15, -0.1) is 0 Å². The molecule has 0 saturated carbocycles. The van der Waals surface area contributed by atoms with Crippen LogP contribution in [0.15, 0.2) is 54.6 Å². The van der Waals surface area contributed by atoms with Gasteiger partial charge in [0.25, 0.3) is 5.91 Å². The van der Waals surface area contributed by atoms with Gasteiger partial charge in [0.1, 0.15) is 5.75 Å². The van der Waals surface area contributed by atoms with Gasteiger partial charge >= 0.3 is 5.97 Å². The van der Waals surface area contributed by atoms with E-state index in [0.717, 1.165) is 16.9 Å². The Kier molecular flexibility index (Phi) is 6.95. The molecule has 0 saturated heterocycles. The molecule has 2 aromatic carbocycles. The van der Waals surface area contributed by atoms with Gasteiger partial charge in [0.05, 0.1) is 19.6 Å². The van der Waals surface area contributed by atoms with Crippen LogP contribution < -0.4 is 10.1 Å². The molecule has 0 spiro atoms. The molecule has 0 fully saturated rings. The first kappa shape index (κ1) is 18.7. The second-order valence-corrected chi connectivity index (χ2v) is 5.29. The molecule has 2 aromatic rings. The Morgan fingerprint density at radius 3 is 2.42 bits per heavy atom. The molecule has 0 atom stereocenters. The van der Waals surface area contributed by atoms with Crippen LogP contribution in [0.1, 0.15) is 11.1 Å². The lowest BCUT2D eigenvalue weighted by molar-refractivity contribution is -0.142. The average molecular weight is 350 g/mol. The maximum atomic E-state index is 11.8. The zero-order valence-electron chi connectivity index (χ0n) is 14.3. The molecule has 0 aliphatic carbocycles. The molecule has 0 aliphatic rings. The first-order valence-corrected chi connectivity index (χ1v) is 7.85. The predicted molar refractivity (Wildman–Crippen MR) is 97.4 cm³/mol. The molecule has 132 valence electrons. The minimum atomic E-state index is -0.611. The number of hydrogen-bond donors (Lipinski definition) is 1. The van der Waals surface area contributed by atoms with E-state index in [1.54, 1.807) is 61.7 Å². The minimum Gasteiger partial charge on any atom is -0.497 e. The van der Waals surface area contributed by atoms with E-state index in [1.807, 2.05) is 6.07 Å². The van der Waals surface area contributed by atoms with Gasteiger partial charge in [0.15, 0.2) is 6.61 Å². The van der Waals surface area contributed by atoms with Gasteiger partial charge in [-0.3, -0.25) is 4.79 Å². The Labute approximate surface area is 151 Å². The number of carbonyl (C=O) groups is 2.